The minimum absolute atomic E-state index is 0.110. The van der Waals surface area contributed by atoms with Gasteiger partial charge in [-0.25, -0.2) is 8.42 Å². The first-order valence-corrected chi connectivity index (χ1v) is 11.9. The predicted octanol–water partition coefficient (Wildman–Crippen LogP) is 5.12. The van der Waals surface area contributed by atoms with Crippen molar-refractivity contribution in [3.8, 4) is 11.3 Å². The van der Waals surface area contributed by atoms with E-state index in [9.17, 15) is 13.2 Å². The SMILES string of the molecule is CS(=O)(=O)c1ccc(-c2n[nH]c3ccc(NC(=O)Cc4ccc(Cl)cc4Cl)cc23)cc1. The molecule has 0 aliphatic rings. The number of anilines is 1. The van der Waals surface area contributed by atoms with Crippen molar-refractivity contribution in [2.45, 2.75) is 11.3 Å². The molecule has 158 valence electrons. The van der Waals surface area contributed by atoms with Crippen molar-refractivity contribution in [2.24, 2.45) is 0 Å². The summed E-state index contributed by atoms with van der Waals surface area (Å²) < 4.78 is 23.4. The first-order valence-electron chi connectivity index (χ1n) is 9.23. The molecule has 0 unspecified atom stereocenters. The number of sulfone groups is 1. The Balaban J connectivity index is 1.58. The average molecular weight is 474 g/mol. The van der Waals surface area contributed by atoms with Gasteiger partial charge in [-0.15, -0.1) is 0 Å². The standard InChI is InChI=1S/C22H17Cl2N3O3S/c1-31(29,30)17-7-3-13(4-8-17)22-18-12-16(6-9-20(18)26-27-22)25-21(28)10-14-2-5-15(23)11-19(14)24/h2-9,11-12H,10H2,1H3,(H,25,28)(H,26,27). The molecule has 4 aromatic rings. The van der Waals surface area contributed by atoms with Gasteiger partial charge in [0.1, 0.15) is 0 Å². The van der Waals surface area contributed by atoms with Crippen LogP contribution in [0.5, 0.6) is 0 Å². The Morgan fingerprint density at radius 3 is 2.45 bits per heavy atom. The van der Waals surface area contributed by atoms with Crippen LogP contribution in [0.4, 0.5) is 5.69 Å². The zero-order chi connectivity index (χ0) is 22.2. The molecule has 3 aromatic carbocycles. The van der Waals surface area contributed by atoms with Crippen LogP contribution in [-0.2, 0) is 21.1 Å². The molecule has 9 heteroatoms. The van der Waals surface area contributed by atoms with Crippen LogP contribution in [0.25, 0.3) is 22.2 Å². The highest BCUT2D eigenvalue weighted by atomic mass is 35.5. The molecule has 1 amide bonds. The summed E-state index contributed by atoms with van der Waals surface area (Å²) in [7, 11) is -3.27. The third-order valence-electron chi connectivity index (χ3n) is 4.77. The van der Waals surface area contributed by atoms with E-state index >= 15 is 0 Å². The van der Waals surface area contributed by atoms with Crippen molar-refractivity contribution in [1.29, 1.82) is 0 Å². The molecule has 0 aliphatic heterocycles. The van der Waals surface area contributed by atoms with Crippen molar-refractivity contribution < 1.29 is 13.2 Å². The summed E-state index contributed by atoms with van der Waals surface area (Å²) in [5.41, 5.74) is 3.50. The number of benzene rings is 3. The first kappa shape index (κ1) is 21.4. The van der Waals surface area contributed by atoms with Crippen LogP contribution in [0.3, 0.4) is 0 Å². The van der Waals surface area contributed by atoms with Crippen molar-refractivity contribution in [2.75, 3.05) is 11.6 Å². The van der Waals surface area contributed by atoms with Crippen LogP contribution < -0.4 is 5.32 Å². The number of hydrogen-bond acceptors (Lipinski definition) is 4. The summed E-state index contributed by atoms with van der Waals surface area (Å²) in [6, 6.07) is 16.9. The topological polar surface area (TPSA) is 91.9 Å². The highest BCUT2D eigenvalue weighted by molar-refractivity contribution is 7.90. The molecule has 2 N–H and O–H groups in total. The van der Waals surface area contributed by atoms with Gasteiger partial charge in [0.15, 0.2) is 9.84 Å². The van der Waals surface area contributed by atoms with Gasteiger partial charge in [0.2, 0.25) is 5.91 Å². The van der Waals surface area contributed by atoms with Crippen molar-refractivity contribution in [3.63, 3.8) is 0 Å². The number of fused-ring (bicyclic) bond motifs is 1. The Morgan fingerprint density at radius 1 is 1.03 bits per heavy atom. The monoisotopic (exact) mass is 473 g/mol. The minimum atomic E-state index is -3.27. The molecule has 0 atom stereocenters. The Hall–Kier alpha value is -2.87. The number of halogens is 2. The van der Waals surface area contributed by atoms with Crippen LogP contribution >= 0.6 is 23.2 Å². The van der Waals surface area contributed by atoms with Gasteiger partial charge in [0.25, 0.3) is 0 Å². The maximum Gasteiger partial charge on any atom is 0.228 e. The maximum atomic E-state index is 12.5. The molecule has 0 spiro atoms. The second kappa shape index (κ2) is 8.34. The lowest BCUT2D eigenvalue weighted by Crippen LogP contribution is -2.14. The van der Waals surface area contributed by atoms with Gasteiger partial charge in [0.05, 0.1) is 22.5 Å². The van der Waals surface area contributed by atoms with E-state index in [1.54, 1.807) is 48.5 Å². The molecular formula is C22H17Cl2N3O3S. The van der Waals surface area contributed by atoms with Gasteiger partial charge in [-0.05, 0) is 48.0 Å². The van der Waals surface area contributed by atoms with E-state index in [0.717, 1.165) is 22.7 Å². The van der Waals surface area contributed by atoms with Crippen LogP contribution in [0, 0.1) is 0 Å². The van der Waals surface area contributed by atoms with Crippen LogP contribution in [0.15, 0.2) is 65.6 Å². The molecule has 0 aliphatic carbocycles. The number of amides is 1. The number of carbonyl (C=O) groups is 1. The zero-order valence-corrected chi connectivity index (χ0v) is 18.6. The molecule has 31 heavy (non-hydrogen) atoms. The van der Waals surface area contributed by atoms with Crippen LogP contribution in [-0.4, -0.2) is 30.8 Å². The third kappa shape index (κ3) is 4.74. The number of H-pyrrole nitrogens is 1. The largest absolute Gasteiger partial charge is 0.326 e. The second-order valence-electron chi connectivity index (χ2n) is 7.09. The summed E-state index contributed by atoms with van der Waals surface area (Å²) in [6.45, 7) is 0. The molecule has 0 bridgehead atoms. The fourth-order valence-electron chi connectivity index (χ4n) is 3.22. The first-order chi connectivity index (χ1) is 14.7. The molecule has 0 radical (unpaired) electrons. The summed E-state index contributed by atoms with van der Waals surface area (Å²) in [6.07, 6.45) is 1.28. The number of aromatic amines is 1. The second-order valence-corrected chi connectivity index (χ2v) is 9.95. The maximum absolute atomic E-state index is 12.5. The highest BCUT2D eigenvalue weighted by Crippen LogP contribution is 2.29. The van der Waals surface area contributed by atoms with Gasteiger partial charge in [0, 0.05) is 32.9 Å². The quantitative estimate of drug-likeness (QED) is 0.420. The smallest absolute Gasteiger partial charge is 0.228 e. The van der Waals surface area contributed by atoms with Crippen molar-refractivity contribution in [1.82, 2.24) is 10.2 Å². The number of rotatable bonds is 5. The normalized spacial score (nSPS) is 11.6. The summed E-state index contributed by atoms with van der Waals surface area (Å²) in [5.74, 6) is -0.217. The summed E-state index contributed by atoms with van der Waals surface area (Å²) >= 11 is 12.1. The average Bonchev–Trinajstić information content (AvgIpc) is 3.13. The van der Waals surface area contributed by atoms with E-state index in [0.29, 0.717) is 27.0 Å². The fraction of sp³-hybridized carbons (Fsp3) is 0.0909. The number of nitrogens with one attached hydrogen (secondary N) is 2. The van der Waals surface area contributed by atoms with Crippen molar-refractivity contribution in [3.05, 3.63) is 76.3 Å². The number of carbonyl (C=O) groups excluding carboxylic acids is 1. The number of aromatic nitrogens is 2. The van der Waals surface area contributed by atoms with Crippen LogP contribution in [0.2, 0.25) is 10.0 Å². The number of nitrogens with zero attached hydrogens (tertiary/aromatic N) is 1. The van der Waals surface area contributed by atoms with E-state index in [1.807, 2.05) is 12.1 Å². The Bertz CT molecular complexity index is 1400. The predicted molar refractivity (Wildman–Crippen MR) is 123 cm³/mol. The minimum Gasteiger partial charge on any atom is -0.326 e. The Labute approximate surface area is 189 Å². The zero-order valence-electron chi connectivity index (χ0n) is 16.3. The van der Waals surface area contributed by atoms with Gasteiger partial charge in [-0.2, -0.15) is 5.10 Å². The van der Waals surface area contributed by atoms with Gasteiger partial charge < -0.3 is 5.32 Å². The summed E-state index contributed by atoms with van der Waals surface area (Å²) in [5, 5.41) is 11.9. The van der Waals surface area contributed by atoms with E-state index in [4.69, 9.17) is 23.2 Å². The Kier molecular flexibility index (Phi) is 5.75. The van der Waals surface area contributed by atoms with Gasteiger partial charge in [-0.3, -0.25) is 9.89 Å². The third-order valence-corrected chi connectivity index (χ3v) is 6.48. The molecule has 4 rings (SSSR count). The van der Waals surface area contributed by atoms with Gasteiger partial charge in [-0.1, -0.05) is 41.4 Å². The van der Waals surface area contributed by atoms with E-state index < -0.39 is 9.84 Å². The summed E-state index contributed by atoms with van der Waals surface area (Å²) in [4.78, 5) is 12.7. The van der Waals surface area contributed by atoms with Crippen molar-refractivity contribution >= 4 is 55.5 Å². The molecule has 1 aromatic heterocycles. The highest BCUT2D eigenvalue weighted by Gasteiger charge is 2.13. The lowest BCUT2D eigenvalue weighted by atomic mass is 10.1. The van der Waals surface area contributed by atoms with E-state index in [-0.39, 0.29) is 17.2 Å². The lowest BCUT2D eigenvalue weighted by molar-refractivity contribution is -0.115. The molecule has 0 saturated heterocycles. The molecule has 6 nitrogen and oxygen atoms in total. The molecule has 0 saturated carbocycles. The fourth-order valence-corrected chi connectivity index (χ4v) is 4.32. The number of hydrogen-bond donors (Lipinski definition) is 2. The van der Waals surface area contributed by atoms with E-state index in [1.165, 1.54) is 0 Å². The molecular weight excluding hydrogens is 457 g/mol. The molecule has 0 fully saturated rings. The lowest BCUT2D eigenvalue weighted by Gasteiger charge is -2.08. The van der Waals surface area contributed by atoms with Crippen LogP contribution in [0.1, 0.15) is 5.56 Å². The Morgan fingerprint density at radius 2 is 1.77 bits per heavy atom. The van der Waals surface area contributed by atoms with E-state index in [2.05, 4.69) is 15.5 Å². The molecule has 1 heterocycles. The van der Waals surface area contributed by atoms with Gasteiger partial charge >= 0.3 is 0 Å².